The Labute approximate surface area is 190 Å². The number of ether oxygens (including phenoxy) is 1. The van der Waals surface area contributed by atoms with Gasteiger partial charge in [-0.2, -0.15) is 0 Å². The third-order valence-electron chi connectivity index (χ3n) is 5.23. The third kappa shape index (κ3) is 4.98. The van der Waals surface area contributed by atoms with Crippen LogP contribution in [0.5, 0.6) is 5.75 Å². The molecule has 1 aliphatic heterocycles. The molecule has 0 saturated heterocycles. The quantitative estimate of drug-likeness (QED) is 0.258. The molecule has 0 N–H and O–H groups in total. The maximum absolute atomic E-state index is 13.2. The van der Waals surface area contributed by atoms with Crippen LogP contribution in [0, 0.1) is 10.1 Å². The molecule has 0 fully saturated rings. The van der Waals surface area contributed by atoms with E-state index in [1.54, 1.807) is 47.4 Å². The van der Waals surface area contributed by atoms with Crippen LogP contribution in [0.15, 0.2) is 84.9 Å². The van der Waals surface area contributed by atoms with E-state index in [2.05, 4.69) is 0 Å². The molecule has 0 radical (unpaired) electrons. The van der Waals surface area contributed by atoms with Gasteiger partial charge in [-0.15, -0.1) is 0 Å². The molecule has 4 rings (SSSR count). The van der Waals surface area contributed by atoms with Gasteiger partial charge in [0.05, 0.1) is 17.2 Å². The molecule has 3 aromatic rings. The van der Waals surface area contributed by atoms with Crippen molar-refractivity contribution in [3.8, 4) is 5.75 Å². The second-order valence-corrected chi connectivity index (χ2v) is 7.38. The maximum Gasteiger partial charge on any atom is 0.269 e. The SMILES string of the molecule is O=C1C(=C/C=C/c2ccc([N+](=O)[O-])cc2)c2ccccc2N1Cc1ccc(OCCF)cc1. The maximum atomic E-state index is 13.2. The molecular weight excluding hydrogens is 423 g/mol. The number of hydrogen-bond acceptors (Lipinski definition) is 4. The summed E-state index contributed by atoms with van der Waals surface area (Å²) in [6.07, 6.45) is 5.33. The van der Waals surface area contributed by atoms with Gasteiger partial charge in [-0.05, 0) is 47.5 Å². The molecule has 0 unspecified atom stereocenters. The first-order valence-electron chi connectivity index (χ1n) is 10.4. The van der Waals surface area contributed by atoms with Gasteiger partial charge in [0.25, 0.3) is 11.6 Å². The van der Waals surface area contributed by atoms with Crippen molar-refractivity contribution in [1.82, 2.24) is 0 Å². The number of carbonyl (C=O) groups excluding carboxylic acids is 1. The highest BCUT2D eigenvalue weighted by molar-refractivity contribution is 6.32. The highest BCUT2D eigenvalue weighted by atomic mass is 19.1. The van der Waals surface area contributed by atoms with Gasteiger partial charge in [-0.25, -0.2) is 4.39 Å². The average Bonchev–Trinajstić information content (AvgIpc) is 3.10. The van der Waals surface area contributed by atoms with E-state index >= 15 is 0 Å². The Balaban J connectivity index is 1.53. The number of alkyl halides is 1. The number of nitro groups is 1. The molecule has 0 bridgehead atoms. The largest absolute Gasteiger partial charge is 0.491 e. The highest BCUT2D eigenvalue weighted by Gasteiger charge is 2.31. The topological polar surface area (TPSA) is 72.7 Å². The van der Waals surface area contributed by atoms with E-state index in [1.807, 2.05) is 36.4 Å². The number of rotatable bonds is 8. The molecule has 0 spiro atoms. The van der Waals surface area contributed by atoms with Crippen molar-refractivity contribution >= 4 is 28.9 Å². The lowest BCUT2D eigenvalue weighted by Gasteiger charge is -2.17. The van der Waals surface area contributed by atoms with Crippen LogP contribution in [0.3, 0.4) is 0 Å². The fourth-order valence-electron chi connectivity index (χ4n) is 3.62. The van der Waals surface area contributed by atoms with E-state index < -0.39 is 11.6 Å². The summed E-state index contributed by atoms with van der Waals surface area (Å²) in [7, 11) is 0. The monoisotopic (exact) mass is 444 g/mol. The first-order valence-corrected chi connectivity index (χ1v) is 10.4. The Morgan fingerprint density at radius 3 is 2.42 bits per heavy atom. The van der Waals surface area contributed by atoms with Gasteiger partial charge < -0.3 is 9.64 Å². The van der Waals surface area contributed by atoms with Crippen molar-refractivity contribution in [2.24, 2.45) is 0 Å². The zero-order valence-electron chi connectivity index (χ0n) is 17.7. The minimum absolute atomic E-state index is 0.0128. The molecule has 1 heterocycles. The second-order valence-electron chi connectivity index (χ2n) is 7.38. The van der Waals surface area contributed by atoms with Crippen molar-refractivity contribution < 1.29 is 18.8 Å². The minimum atomic E-state index is -0.547. The number of non-ortho nitro benzene ring substituents is 1. The molecule has 166 valence electrons. The van der Waals surface area contributed by atoms with Crippen LogP contribution in [0.4, 0.5) is 15.8 Å². The number of benzene rings is 3. The lowest BCUT2D eigenvalue weighted by molar-refractivity contribution is -0.384. The number of hydrogen-bond donors (Lipinski definition) is 0. The summed E-state index contributed by atoms with van der Waals surface area (Å²) in [5, 5.41) is 10.8. The van der Waals surface area contributed by atoms with E-state index in [4.69, 9.17) is 4.74 Å². The normalized spacial score (nSPS) is 14.2. The molecular formula is C26H21FN2O4. The summed E-state index contributed by atoms with van der Waals surface area (Å²) in [6.45, 7) is -0.143. The van der Waals surface area contributed by atoms with Crippen LogP contribution in [0.2, 0.25) is 0 Å². The van der Waals surface area contributed by atoms with E-state index in [0.29, 0.717) is 17.9 Å². The lowest BCUT2D eigenvalue weighted by Crippen LogP contribution is -2.25. The van der Waals surface area contributed by atoms with Crippen molar-refractivity contribution in [2.75, 3.05) is 18.2 Å². The summed E-state index contributed by atoms with van der Waals surface area (Å²) in [5.41, 5.74) is 4.00. The Morgan fingerprint density at radius 1 is 1.00 bits per heavy atom. The highest BCUT2D eigenvalue weighted by Crippen LogP contribution is 2.37. The van der Waals surface area contributed by atoms with Gasteiger partial charge in [-0.3, -0.25) is 14.9 Å². The first-order chi connectivity index (χ1) is 16.1. The van der Waals surface area contributed by atoms with Crippen LogP contribution < -0.4 is 9.64 Å². The predicted molar refractivity (Wildman–Crippen MR) is 126 cm³/mol. The fourth-order valence-corrected chi connectivity index (χ4v) is 3.62. The number of allylic oxidation sites excluding steroid dienone is 2. The van der Waals surface area contributed by atoms with E-state index in [9.17, 15) is 19.3 Å². The summed E-state index contributed by atoms with van der Waals surface area (Å²) in [4.78, 5) is 25.3. The van der Waals surface area contributed by atoms with E-state index in [-0.39, 0.29) is 18.2 Å². The van der Waals surface area contributed by atoms with Crippen molar-refractivity contribution in [1.29, 1.82) is 0 Å². The van der Waals surface area contributed by atoms with E-state index in [0.717, 1.165) is 22.4 Å². The molecule has 0 atom stereocenters. The molecule has 0 aliphatic carbocycles. The van der Waals surface area contributed by atoms with Gasteiger partial charge in [0.1, 0.15) is 19.0 Å². The third-order valence-corrected chi connectivity index (χ3v) is 5.23. The number of amides is 1. The minimum Gasteiger partial charge on any atom is -0.491 e. The molecule has 0 saturated carbocycles. The Hall–Kier alpha value is -4.26. The molecule has 6 nitrogen and oxygen atoms in total. The van der Waals surface area contributed by atoms with Gasteiger partial charge in [0.2, 0.25) is 0 Å². The fraction of sp³-hybridized carbons (Fsp3) is 0.115. The van der Waals surface area contributed by atoms with Crippen molar-refractivity contribution in [2.45, 2.75) is 6.54 Å². The first kappa shape index (κ1) is 22.0. The lowest BCUT2D eigenvalue weighted by atomic mass is 10.1. The van der Waals surface area contributed by atoms with Crippen LogP contribution in [0.1, 0.15) is 16.7 Å². The van der Waals surface area contributed by atoms with Crippen LogP contribution >= 0.6 is 0 Å². The molecule has 3 aromatic carbocycles. The summed E-state index contributed by atoms with van der Waals surface area (Å²) in [5.74, 6) is 0.476. The standard InChI is InChI=1S/C26H21FN2O4/c27-16-17-33-22-14-10-20(11-15-22)18-28-25-7-2-1-5-23(25)24(26(28)30)6-3-4-19-8-12-21(13-9-19)29(31)32/h1-15H,16-18H2/b4-3+,24-6?. The van der Waals surface area contributed by atoms with Crippen molar-refractivity contribution in [3.05, 3.63) is 112 Å². The van der Waals surface area contributed by atoms with Crippen molar-refractivity contribution in [3.63, 3.8) is 0 Å². The number of nitrogens with zero attached hydrogens (tertiary/aromatic N) is 2. The van der Waals surface area contributed by atoms with Gasteiger partial charge in [0, 0.05) is 23.3 Å². The molecule has 0 aromatic heterocycles. The van der Waals surface area contributed by atoms with Gasteiger partial charge in [0.15, 0.2) is 0 Å². The zero-order valence-corrected chi connectivity index (χ0v) is 17.7. The number of para-hydroxylation sites is 1. The Kier molecular flexibility index (Phi) is 6.59. The number of carbonyl (C=O) groups is 1. The summed E-state index contributed by atoms with van der Waals surface area (Å²) >= 11 is 0. The number of halogens is 1. The summed E-state index contributed by atoms with van der Waals surface area (Å²) < 4.78 is 17.5. The van der Waals surface area contributed by atoms with Crippen LogP contribution in [0.25, 0.3) is 11.6 Å². The Morgan fingerprint density at radius 2 is 1.73 bits per heavy atom. The molecule has 33 heavy (non-hydrogen) atoms. The predicted octanol–water partition coefficient (Wildman–Crippen LogP) is 5.59. The second kappa shape index (κ2) is 9.91. The van der Waals surface area contributed by atoms with Gasteiger partial charge >= 0.3 is 0 Å². The zero-order chi connectivity index (χ0) is 23.2. The molecule has 1 aliphatic rings. The Bertz CT molecular complexity index is 1220. The number of fused-ring (bicyclic) bond motifs is 1. The number of nitro benzene ring substituents is 1. The van der Waals surface area contributed by atoms with Crippen LogP contribution in [-0.2, 0) is 11.3 Å². The molecule has 1 amide bonds. The van der Waals surface area contributed by atoms with Gasteiger partial charge in [-0.1, -0.05) is 42.5 Å². The smallest absolute Gasteiger partial charge is 0.269 e. The average molecular weight is 444 g/mol. The molecule has 7 heteroatoms. The number of anilines is 1. The van der Waals surface area contributed by atoms with Crippen LogP contribution in [-0.4, -0.2) is 24.1 Å². The van der Waals surface area contributed by atoms with E-state index in [1.165, 1.54) is 12.1 Å². The summed E-state index contributed by atoms with van der Waals surface area (Å²) in [6, 6.07) is 21.1.